The quantitative estimate of drug-likeness (QED) is 0.313. The summed E-state index contributed by atoms with van der Waals surface area (Å²) in [6, 6.07) is 0. The number of hydrogen-bond acceptors (Lipinski definition) is 1. The van der Waals surface area contributed by atoms with Gasteiger partial charge >= 0.3 is 0 Å². The molecular formula is C7H3F5OS. The van der Waals surface area contributed by atoms with Gasteiger partial charge in [0.25, 0.3) is 0 Å². The second kappa shape index (κ2) is 3.74. The Kier molecular flexibility index (Phi) is 3.01. The lowest BCUT2D eigenvalue weighted by Gasteiger charge is -2.08. The molecule has 78 valence electrons. The van der Waals surface area contributed by atoms with Gasteiger partial charge < -0.3 is 4.55 Å². The zero-order valence-electron chi connectivity index (χ0n) is 6.71. The lowest BCUT2D eigenvalue weighted by Crippen LogP contribution is -2.11. The molecular weight excluding hydrogens is 227 g/mol. The van der Waals surface area contributed by atoms with Crippen LogP contribution >= 0.6 is 0 Å². The normalized spacial score (nSPS) is 13.1. The van der Waals surface area contributed by atoms with E-state index < -0.39 is 45.2 Å². The first-order chi connectivity index (χ1) is 6.37. The van der Waals surface area contributed by atoms with Crippen molar-refractivity contribution in [1.29, 1.82) is 0 Å². The predicted octanol–water partition coefficient (Wildman–Crippen LogP) is 2.12. The van der Waals surface area contributed by atoms with Gasteiger partial charge in [-0.1, -0.05) is 0 Å². The van der Waals surface area contributed by atoms with E-state index in [1.54, 1.807) is 0 Å². The van der Waals surface area contributed by atoms with Crippen LogP contribution in [0.5, 0.6) is 0 Å². The van der Waals surface area contributed by atoms with E-state index >= 15 is 0 Å². The van der Waals surface area contributed by atoms with Crippen molar-refractivity contribution in [1.82, 2.24) is 0 Å². The minimum Gasteiger partial charge on any atom is -0.611 e. The Morgan fingerprint density at radius 1 is 0.786 bits per heavy atom. The Hall–Kier alpha value is -0.820. The Bertz CT molecular complexity index is 350. The highest BCUT2D eigenvalue weighted by Crippen LogP contribution is 2.26. The molecule has 1 aromatic carbocycles. The molecule has 1 nitrogen and oxygen atoms in total. The summed E-state index contributed by atoms with van der Waals surface area (Å²) in [6.45, 7) is 0. The Balaban J connectivity index is 3.60. The van der Waals surface area contributed by atoms with Crippen molar-refractivity contribution < 1.29 is 26.5 Å². The van der Waals surface area contributed by atoms with Crippen LogP contribution in [0.4, 0.5) is 22.0 Å². The van der Waals surface area contributed by atoms with Crippen LogP contribution in [-0.4, -0.2) is 10.8 Å². The monoisotopic (exact) mass is 230 g/mol. The van der Waals surface area contributed by atoms with Gasteiger partial charge in [0.05, 0.1) is 0 Å². The lowest BCUT2D eigenvalue weighted by atomic mass is 10.3. The summed E-state index contributed by atoms with van der Waals surface area (Å²) in [5.74, 6) is -10.5. The summed E-state index contributed by atoms with van der Waals surface area (Å²) < 4.78 is 73.5. The molecule has 0 heterocycles. The van der Waals surface area contributed by atoms with Crippen molar-refractivity contribution in [3.8, 4) is 0 Å². The first-order valence-electron chi connectivity index (χ1n) is 3.22. The van der Waals surface area contributed by atoms with Gasteiger partial charge in [-0.2, -0.15) is 8.78 Å². The molecule has 1 rings (SSSR count). The van der Waals surface area contributed by atoms with Crippen molar-refractivity contribution in [3.63, 3.8) is 0 Å². The second-order valence-corrected chi connectivity index (χ2v) is 3.67. The Labute approximate surface area is 78.7 Å². The maximum absolute atomic E-state index is 12.7. The molecule has 1 atom stereocenters. The molecule has 1 unspecified atom stereocenters. The van der Waals surface area contributed by atoms with E-state index in [9.17, 15) is 26.5 Å². The van der Waals surface area contributed by atoms with Crippen LogP contribution < -0.4 is 0 Å². The molecule has 7 heteroatoms. The van der Waals surface area contributed by atoms with E-state index in [-0.39, 0.29) is 0 Å². The standard InChI is InChI=1S/C7H3F5OS/c1-14(13)7-5(11)3(9)2(8)4(10)6(7)12/h1H3. The Morgan fingerprint density at radius 3 is 1.36 bits per heavy atom. The molecule has 0 amide bonds. The highest BCUT2D eigenvalue weighted by Gasteiger charge is 2.31. The minimum atomic E-state index is -2.28. The molecule has 0 N–H and O–H groups in total. The average Bonchev–Trinajstić information content (AvgIpc) is 2.11. The van der Waals surface area contributed by atoms with Gasteiger partial charge in [-0.05, 0) is 11.2 Å². The summed E-state index contributed by atoms with van der Waals surface area (Å²) >= 11 is -2.28. The van der Waals surface area contributed by atoms with Crippen molar-refractivity contribution in [2.24, 2.45) is 0 Å². The van der Waals surface area contributed by atoms with Crippen LogP contribution in [0.3, 0.4) is 0 Å². The molecule has 0 aliphatic heterocycles. The molecule has 0 saturated carbocycles. The summed E-state index contributed by atoms with van der Waals surface area (Å²) in [6.07, 6.45) is 0.818. The maximum atomic E-state index is 12.7. The van der Waals surface area contributed by atoms with Crippen molar-refractivity contribution in [2.45, 2.75) is 4.90 Å². The third-order valence-electron chi connectivity index (χ3n) is 1.46. The number of rotatable bonds is 1. The third-order valence-corrected chi connectivity index (χ3v) is 2.39. The van der Waals surface area contributed by atoms with E-state index in [0.29, 0.717) is 0 Å². The predicted molar refractivity (Wildman–Crippen MR) is 38.6 cm³/mol. The maximum Gasteiger partial charge on any atom is 0.230 e. The zero-order chi connectivity index (χ0) is 11.0. The highest BCUT2D eigenvalue weighted by atomic mass is 32.2. The molecule has 0 fully saturated rings. The fourth-order valence-electron chi connectivity index (χ4n) is 0.837. The van der Waals surface area contributed by atoms with Gasteiger partial charge in [0.2, 0.25) is 34.0 Å². The SMILES string of the molecule is C[S+]([O-])c1c(F)c(F)c(F)c(F)c1F. The fraction of sp³-hybridized carbons (Fsp3) is 0.143. The molecule has 0 radical (unpaired) electrons. The average molecular weight is 230 g/mol. The molecule has 14 heavy (non-hydrogen) atoms. The van der Waals surface area contributed by atoms with Crippen LogP contribution in [0.1, 0.15) is 0 Å². The Morgan fingerprint density at radius 2 is 1.07 bits per heavy atom. The largest absolute Gasteiger partial charge is 0.611 e. The van der Waals surface area contributed by atoms with Crippen LogP contribution in [0.25, 0.3) is 0 Å². The zero-order valence-corrected chi connectivity index (χ0v) is 7.52. The molecule has 1 aromatic rings. The first kappa shape index (κ1) is 11.3. The molecule has 0 saturated heterocycles. The topological polar surface area (TPSA) is 23.1 Å². The summed E-state index contributed by atoms with van der Waals surface area (Å²) in [4.78, 5) is -1.30. The number of hydrogen-bond donors (Lipinski definition) is 0. The molecule has 0 aliphatic carbocycles. The number of halogens is 5. The smallest absolute Gasteiger partial charge is 0.230 e. The van der Waals surface area contributed by atoms with Gasteiger partial charge in [0.1, 0.15) is 6.26 Å². The molecule has 0 bridgehead atoms. The van der Waals surface area contributed by atoms with Crippen molar-refractivity contribution in [3.05, 3.63) is 29.1 Å². The van der Waals surface area contributed by atoms with Crippen LogP contribution in [0, 0.1) is 29.1 Å². The van der Waals surface area contributed by atoms with E-state index in [2.05, 4.69) is 0 Å². The van der Waals surface area contributed by atoms with Gasteiger partial charge in [-0.15, -0.1) is 0 Å². The van der Waals surface area contributed by atoms with E-state index in [0.717, 1.165) is 6.26 Å². The van der Waals surface area contributed by atoms with Crippen LogP contribution in [0.2, 0.25) is 0 Å². The van der Waals surface area contributed by atoms with Crippen molar-refractivity contribution >= 4 is 11.2 Å². The molecule has 0 aromatic heterocycles. The van der Waals surface area contributed by atoms with Gasteiger partial charge in [0, 0.05) is 0 Å². The minimum absolute atomic E-state index is 0.818. The highest BCUT2D eigenvalue weighted by molar-refractivity contribution is 7.90. The first-order valence-corrected chi connectivity index (χ1v) is 4.78. The number of benzene rings is 1. The van der Waals surface area contributed by atoms with E-state index in [1.165, 1.54) is 0 Å². The van der Waals surface area contributed by atoms with Gasteiger partial charge in [-0.3, -0.25) is 0 Å². The lowest BCUT2D eigenvalue weighted by molar-refractivity contribution is 0.358. The van der Waals surface area contributed by atoms with Gasteiger partial charge in [-0.25, -0.2) is 13.2 Å². The summed E-state index contributed by atoms with van der Waals surface area (Å²) in [5, 5.41) is 0. The second-order valence-electron chi connectivity index (χ2n) is 2.35. The van der Waals surface area contributed by atoms with Crippen molar-refractivity contribution in [2.75, 3.05) is 6.26 Å². The summed E-state index contributed by atoms with van der Waals surface area (Å²) in [7, 11) is 0. The summed E-state index contributed by atoms with van der Waals surface area (Å²) in [5.41, 5.74) is 0. The molecule has 0 aliphatic rings. The molecule has 0 spiro atoms. The van der Waals surface area contributed by atoms with Crippen LogP contribution in [0.15, 0.2) is 4.90 Å². The fourth-order valence-corrected chi connectivity index (χ4v) is 1.52. The third kappa shape index (κ3) is 1.57. The van der Waals surface area contributed by atoms with Gasteiger partial charge in [0.15, 0.2) is 0 Å². The van der Waals surface area contributed by atoms with E-state index in [1.807, 2.05) is 0 Å². The van der Waals surface area contributed by atoms with Crippen LogP contribution in [-0.2, 0) is 11.2 Å². The van der Waals surface area contributed by atoms with E-state index in [4.69, 9.17) is 0 Å².